The Labute approximate surface area is 120 Å². The molecule has 0 N–H and O–H groups in total. The second-order valence-corrected chi connectivity index (χ2v) is 5.97. The lowest BCUT2D eigenvalue weighted by atomic mass is 10.1. The van der Waals surface area contributed by atoms with Gasteiger partial charge in [0.1, 0.15) is 6.54 Å². The molecule has 19 heavy (non-hydrogen) atoms. The van der Waals surface area contributed by atoms with E-state index in [1.54, 1.807) is 4.90 Å². The Kier molecular flexibility index (Phi) is 3.31. The van der Waals surface area contributed by atoms with Crippen LogP contribution >= 0.6 is 15.9 Å². The predicted octanol–water partition coefficient (Wildman–Crippen LogP) is 2.03. The van der Waals surface area contributed by atoms with Crippen LogP contribution in [0.3, 0.4) is 0 Å². The van der Waals surface area contributed by atoms with Gasteiger partial charge in [-0.15, -0.1) is 0 Å². The lowest BCUT2D eigenvalue weighted by molar-refractivity contribution is -0.130. The maximum atomic E-state index is 12.2. The zero-order chi connectivity index (χ0) is 13.4. The average molecular weight is 323 g/mol. The summed E-state index contributed by atoms with van der Waals surface area (Å²) in [4.78, 5) is 27.8. The molecule has 2 aliphatic heterocycles. The Hall–Kier alpha value is -1.36. The minimum Gasteiger partial charge on any atom is -0.341 e. The molecule has 0 aliphatic carbocycles. The monoisotopic (exact) mass is 322 g/mol. The summed E-state index contributed by atoms with van der Waals surface area (Å²) in [5.74, 6) is 0.0350. The van der Waals surface area contributed by atoms with E-state index in [2.05, 4.69) is 15.9 Å². The van der Waals surface area contributed by atoms with Crippen LogP contribution in [0.1, 0.15) is 28.8 Å². The van der Waals surface area contributed by atoms with Gasteiger partial charge in [-0.2, -0.15) is 0 Å². The maximum absolute atomic E-state index is 12.2. The topological polar surface area (TPSA) is 40.6 Å². The Morgan fingerprint density at radius 2 is 2.00 bits per heavy atom. The lowest BCUT2D eigenvalue weighted by Gasteiger charge is -2.20. The van der Waals surface area contributed by atoms with Crippen molar-refractivity contribution in [3.05, 3.63) is 33.8 Å². The summed E-state index contributed by atoms with van der Waals surface area (Å²) in [6, 6.07) is 5.64. The van der Waals surface area contributed by atoms with Crippen molar-refractivity contribution in [3.8, 4) is 0 Å². The molecule has 0 radical (unpaired) electrons. The van der Waals surface area contributed by atoms with Crippen molar-refractivity contribution in [2.24, 2.45) is 0 Å². The van der Waals surface area contributed by atoms with E-state index >= 15 is 0 Å². The fourth-order valence-corrected chi connectivity index (χ4v) is 3.12. The zero-order valence-electron chi connectivity index (χ0n) is 10.6. The number of rotatable bonds is 2. The Bertz CT molecular complexity index is 538. The first-order chi connectivity index (χ1) is 9.15. The predicted molar refractivity (Wildman–Crippen MR) is 74.7 cm³/mol. The molecular weight excluding hydrogens is 308 g/mol. The number of hydrogen-bond donors (Lipinski definition) is 0. The standard InChI is InChI=1S/C14H15BrN2O2/c15-11-3-4-12-10(7-11)8-17(14(12)19)9-13(18)16-5-1-2-6-16/h3-4,7H,1-2,5-6,8-9H2. The highest BCUT2D eigenvalue weighted by molar-refractivity contribution is 9.10. The largest absolute Gasteiger partial charge is 0.341 e. The molecule has 3 rings (SSSR count). The molecule has 1 aromatic carbocycles. The molecule has 0 unspecified atom stereocenters. The summed E-state index contributed by atoms with van der Waals surface area (Å²) in [6.07, 6.45) is 2.15. The van der Waals surface area contributed by atoms with E-state index in [1.165, 1.54) is 0 Å². The third-order valence-electron chi connectivity index (χ3n) is 3.73. The summed E-state index contributed by atoms with van der Waals surface area (Å²) < 4.78 is 0.965. The average Bonchev–Trinajstić information content (AvgIpc) is 2.99. The fourth-order valence-electron chi connectivity index (χ4n) is 2.71. The van der Waals surface area contributed by atoms with Gasteiger partial charge in [0, 0.05) is 29.7 Å². The molecule has 4 nitrogen and oxygen atoms in total. The number of benzene rings is 1. The Morgan fingerprint density at radius 3 is 2.74 bits per heavy atom. The van der Waals surface area contributed by atoms with Crippen LogP contribution in [0.25, 0.3) is 0 Å². The summed E-state index contributed by atoms with van der Waals surface area (Å²) in [5.41, 5.74) is 1.71. The third-order valence-corrected chi connectivity index (χ3v) is 4.22. The summed E-state index contributed by atoms with van der Waals surface area (Å²) in [5, 5.41) is 0. The molecule has 0 saturated carbocycles. The number of nitrogens with zero attached hydrogens (tertiary/aromatic N) is 2. The van der Waals surface area contributed by atoms with Gasteiger partial charge in [-0.1, -0.05) is 15.9 Å². The summed E-state index contributed by atoms with van der Waals surface area (Å²) in [6.45, 7) is 2.40. The molecule has 5 heteroatoms. The number of carbonyl (C=O) groups excluding carboxylic acids is 2. The number of carbonyl (C=O) groups is 2. The molecule has 2 amide bonds. The van der Waals surface area contributed by atoms with Gasteiger partial charge in [-0.25, -0.2) is 0 Å². The highest BCUT2D eigenvalue weighted by Crippen LogP contribution is 2.26. The van der Waals surface area contributed by atoms with E-state index in [4.69, 9.17) is 0 Å². The van der Waals surface area contributed by atoms with E-state index in [-0.39, 0.29) is 18.4 Å². The van der Waals surface area contributed by atoms with Crippen molar-refractivity contribution in [2.75, 3.05) is 19.6 Å². The zero-order valence-corrected chi connectivity index (χ0v) is 12.1. The quantitative estimate of drug-likeness (QED) is 0.836. The second kappa shape index (κ2) is 4.96. The molecule has 0 aromatic heterocycles. The van der Waals surface area contributed by atoms with Gasteiger partial charge >= 0.3 is 0 Å². The first kappa shape index (κ1) is 12.7. The molecule has 100 valence electrons. The van der Waals surface area contributed by atoms with Gasteiger partial charge in [-0.05, 0) is 36.6 Å². The van der Waals surface area contributed by atoms with E-state index in [0.29, 0.717) is 6.54 Å². The van der Waals surface area contributed by atoms with Gasteiger partial charge in [0.15, 0.2) is 0 Å². The van der Waals surface area contributed by atoms with Crippen LogP contribution in [0.5, 0.6) is 0 Å². The van der Waals surface area contributed by atoms with Crippen molar-refractivity contribution < 1.29 is 9.59 Å². The molecule has 2 heterocycles. The van der Waals surface area contributed by atoms with Crippen LogP contribution < -0.4 is 0 Å². The highest BCUT2D eigenvalue weighted by atomic mass is 79.9. The number of hydrogen-bond acceptors (Lipinski definition) is 2. The second-order valence-electron chi connectivity index (χ2n) is 5.05. The van der Waals surface area contributed by atoms with Crippen LogP contribution in [0.2, 0.25) is 0 Å². The molecular formula is C14H15BrN2O2. The smallest absolute Gasteiger partial charge is 0.254 e. The minimum absolute atomic E-state index is 0.0324. The molecule has 1 aromatic rings. The number of fused-ring (bicyclic) bond motifs is 1. The SMILES string of the molecule is O=C(CN1Cc2cc(Br)ccc2C1=O)N1CCCC1. The number of likely N-dealkylation sites (tertiary alicyclic amines) is 1. The molecule has 0 spiro atoms. The van der Waals surface area contributed by atoms with Crippen molar-refractivity contribution in [2.45, 2.75) is 19.4 Å². The molecule has 2 aliphatic rings. The van der Waals surface area contributed by atoms with Crippen molar-refractivity contribution in [3.63, 3.8) is 0 Å². The van der Waals surface area contributed by atoms with Gasteiger partial charge < -0.3 is 9.80 Å². The number of amides is 2. The molecule has 1 fully saturated rings. The minimum atomic E-state index is -0.0324. The first-order valence-corrected chi connectivity index (χ1v) is 7.30. The van der Waals surface area contributed by atoms with Gasteiger partial charge in [0.25, 0.3) is 5.91 Å². The number of halogens is 1. The van der Waals surface area contributed by atoms with Crippen molar-refractivity contribution >= 4 is 27.7 Å². The van der Waals surface area contributed by atoms with Crippen LogP contribution in [-0.4, -0.2) is 41.2 Å². The Balaban J connectivity index is 1.71. The van der Waals surface area contributed by atoms with E-state index < -0.39 is 0 Å². The van der Waals surface area contributed by atoms with Crippen LogP contribution in [0.15, 0.2) is 22.7 Å². The van der Waals surface area contributed by atoms with Crippen molar-refractivity contribution in [1.29, 1.82) is 0 Å². The third kappa shape index (κ3) is 2.39. The fraction of sp³-hybridized carbons (Fsp3) is 0.429. The van der Waals surface area contributed by atoms with Crippen LogP contribution in [-0.2, 0) is 11.3 Å². The summed E-state index contributed by atoms with van der Waals surface area (Å²) in [7, 11) is 0. The van der Waals surface area contributed by atoms with Gasteiger partial charge in [-0.3, -0.25) is 9.59 Å². The van der Waals surface area contributed by atoms with Crippen LogP contribution in [0, 0.1) is 0 Å². The molecule has 1 saturated heterocycles. The van der Waals surface area contributed by atoms with Gasteiger partial charge in [0.05, 0.1) is 0 Å². The normalized spacial score (nSPS) is 18.1. The van der Waals surface area contributed by atoms with Crippen LogP contribution in [0.4, 0.5) is 0 Å². The van der Waals surface area contributed by atoms with E-state index in [1.807, 2.05) is 23.1 Å². The first-order valence-electron chi connectivity index (χ1n) is 6.50. The maximum Gasteiger partial charge on any atom is 0.254 e. The molecule has 0 bridgehead atoms. The lowest BCUT2D eigenvalue weighted by Crippen LogP contribution is -2.39. The van der Waals surface area contributed by atoms with E-state index in [0.717, 1.165) is 41.5 Å². The Morgan fingerprint density at radius 1 is 1.26 bits per heavy atom. The molecule has 0 atom stereocenters. The van der Waals surface area contributed by atoms with Gasteiger partial charge in [0.2, 0.25) is 5.91 Å². The summed E-state index contributed by atoms with van der Waals surface area (Å²) >= 11 is 3.40. The van der Waals surface area contributed by atoms with Crippen molar-refractivity contribution in [1.82, 2.24) is 9.80 Å². The highest BCUT2D eigenvalue weighted by Gasteiger charge is 2.30. The van der Waals surface area contributed by atoms with E-state index in [9.17, 15) is 9.59 Å².